The number of halogens is 1. The summed E-state index contributed by atoms with van der Waals surface area (Å²) >= 11 is 6.08. The van der Waals surface area contributed by atoms with Crippen LogP contribution >= 0.6 is 11.6 Å². The summed E-state index contributed by atoms with van der Waals surface area (Å²) in [4.78, 5) is 16.5. The number of rotatable bonds is 4. The molecular formula is C18H20ClN3O3S. The van der Waals surface area contributed by atoms with Crippen LogP contribution in [0, 0.1) is 6.92 Å². The lowest BCUT2D eigenvalue weighted by atomic mass is 10.1. The maximum atomic E-state index is 13.0. The third-order valence-corrected chi connectivity index (χ3v) is 6.87. The molecule has 3 rings (SSSR count). The van der Waals surface area contributed by atoms with Crippen LogP contribution in [0.4, 0.5) is 0 Å². The summed E-state index contributed by atoms with van der Waals surface area (Å²) in [5.41, 5.74) is 0.854. The highest BCUT2D eigenvalue weighted by Crippen LogP contribution is 2.27. The van der Waals surface area contributed by atoms with E-state index in [9.17, 15) is 13.2 Å². The standard InChI is InChI=1S/C18H20ClN3O3S/c1-13-15(19)7-4-9-17(13)26(24,25)22-11-5-6-14(12-22)21-18(23)16-8-2-3-10-20-16/h2-4,7-10,14H,5-6,11-12H2,1H3,(H,21,23). The van der Waals surface area contributed by atoms with E-state index in [1.807, 2.05) is 0 Å². The highest BCUT2D eigenvalue weighted by molar-refractivity contribution is 7.89. The van der Waals surface area contributed by atoms with Gasteiger partial charge in [-0.05, 0) is 49.6 Å². The number of sulfonamides is 1. The van der Waals surface area contributed by atoms with Crippen LogP contribution in [-0.4, -0.2) is 42.7 Å². The summed E-state index contributed by atoms with van der Waals surface area (Å²) in [6, 6.07) is 9.70. The van der Waals surface area contributed by atoms with Crippen LogP contribution < -0.4 is 5.32 Å². The summed E-state index contributed by atoms with van der Waals surface area (Å²) < 4.78 is 27.4. The zero-order valence-electron chi connectivity index (χ0n) is 14.4. The van der Waals surface area contributed by atoms with Gasteiger partial charge in [-0.3, -0.25) is 9.78 Å². The van der Waals surface area contributed by atoms with Gasteiger partial charge in [0.15, 0.2) is 0 Å². The molecule has 1 fully saturated rings. The molecule has 1 amide bonds. The van der Waals surface area contributed by atoms with Gasteiger partial charge in [0.05, 0.1) is 4.90 Å². The Hall–Kier alpha value is -1.96. The molecule has 1 aliphatic rings. The predicted molar refractivity (Wildman–Crippen MR) is 99.7 cm³/mol. The molecule has 1 atom stereocenters. The van der Waals surface area contributed by atoms with Crippen molar-refractivity contribution in [3.05, 3.63) is 58.9 Å². The van der Waals surface area contributed by atoms with Crippen LogP contribution in [0.1, 0.15) is 28.9 Å². The number of carbonyl (C=O) groups is 1. The summed E-state index contributed by atoms with van der Waals surface area (Å²) in [5.74, 6) is -0.297. The molecule has 1 aromatic heterocycles. The second-order valence-corrected chi connectivity index (χ2v) is 8.57. The summed E-state index contributed by atoms with van der Waals surface area (Å²) in [6.45, 7) is 2.34. The topological polar surface area (TPSA) is 79.4 Å². The Labute approximate surface area is 158 Å². The highest BCUT2D eigenvalue weighted by Gasteiger charge is 2.32. The van der Waals surface area contributed by atoms with Gasteiger partial charge in [-0.15, -0.1) is 0 Å². The first-order valence-corrected chi connectivity index (χ1v) is 10.2. The largest absolute Gasteiger partial charge is 0.347 e. The second kappa shape index (κ2) is 7.73. The molecule has 1 unspecified atom stereocenters. The lowest BCUT2D eigenvalue weighted by Crippen LogP contribution is -2.49. The second-order valence-electron chi connectivity index (χ2n) is 6.25. The van der Waals surface area contributed by atoms with Crippen molar-refractivity contribution < 1.29 is 13.2 Å². The van der Waals surface area contributed by atoms with Gasteiger partial charge < -0.3 is 5.32 Å². The monoisotopic (exact) mass is 393 g/mol. The minimum absolute atomic E-state index is 0.210. The normalized spacial score (nSPS) is 18.5. The van der Waals surface area contributed by atoms with E-state index < -0.39 is 10.0 Å². The lowest BCUT2D eigenvalue weighted by molar-refractivity contribution is 0.0916. The minimum Gasteiger partial charge on any atom is -0.347 e. The van der Waals surface area contributed by atoms with Crippen molar-refractivity contribution in [1.82, 2.24) is 14.6 Å². The van der Waals surface area contributed by atoms with Gasteiger partial charge in [0.1, 0.15) is 5.69 Å². The number of aromatic nitrogens is 1. The number of hydrogen-bond donors (Lipinski definition) is 1. The fraction of sp³-hybridized carbons (Fsp3) is 0.333. The third-order valence-electron chi connectivity index (χ3n) is 4.45. The van der Waals surface area contributed by atoms with E-state index in [1.165, 1.54) is 4.31 Å². The quantitative estimate of drug-likeness (QED) is 0.865. The number of benzene rings is 1. The molecule has 0 aliphatic carbocycles. The molecule has 0 spiro atoms. The van der Waals surface area contributed by atoms with Crippen LogP contribution in [0.25, 0.3) is 0 Å². The van der Waals surface area contributed by atoms with E-state index in [-0.39, 0.29) is 23.4 Å². The van der Waals surface area contributed by atoms with Crippen LogP contribution in [0.15, 0.2) is 47.5 Å². The van der Waals surface area contributed by atoms with Gasteiger partial charge in [-0.25, -0.2) is 8.42 Å². The number of nitrogens with one attached hydrogen (secondary N) is 1. The van der Waals surface area contributed by atoms with Gasteiger partial charge in [0.25, 0.3) is 5.91 Å². The van der Waals surface area contributed by atoms with Crippen molar-refractivity contribution in [1.29, 1.82) is 0 Å². The Balaban J connectivity index is 1.76. The maximum Gasteiger partial charge on any atom is 0.270 e. The summed E-state index contributed by atoms with van der Waals surface area (Å²) in [7, 11) is -3.67. The van der Waals surface area contributed by atoms with Gasteiger partial charge in [-0.1, -0.05) is 23.7 Å². The van der Waals surface area contributed by atoms with Crippen LogP contribution in [-0.2, 0) is 10.0 Å². The van der Waals surface area contributed by atoms with Crippen molar-refractivity contribution in [3.63, 3.8) is 0 Å². The van der Waals surface area contributed by atoms with Crippen molar-refractivity contribution in [2.45, 2.75) is 30.7 Å². The van der Waals surface area contributed by atoms with E-state index >= 15 is 0 Å². The molecule has 2 aromatic rings. The average molecular weight is 394 g/mol. The van der Waals surface area contributed by atoms with Gasteiger partial charge in [0.2, 0.25) is 10.0 Å². The molecule has 6 nitrogen and oxygen atoms in total. The van der Waals surface area contributed by atoms with E-state index in [1.54, 1.807) is 49.5 Å². The van der Waals surface area contributed by atoms with Crippen molar-refractivity contribution in [2.24, 2.45) is 0 Å². The molecule has 0 radical (unpaired) electrons. The summed E-state index contributed by atoms with van der Waals surface area (Å²) in [5, 5.41) is 3.30. The Morgan fingerprint density at radius 1 is 1.27 bits per heavy atom. The maximum absolute atomic E-state index is 13.0. The zero-order valence-corrected chi connectivity index (χ0v) is 15.9. The van der Waals surface area contributed by atoms with Crippen molar-refractivity contribution in [2.75, 3.05) is 13.1 Å². The van der Waals surface area contributed by atoms with E-state index in [0.717, 1.165) is 6.42 Å². The fourth-order valence-electron chi connectivity index (χ4n) is 3.04. The van der Waals surface area contributed by atoms with Gasteiger partial charge >= 0.3 is 0 Å². The van der Waals surface area contributed by atoms with Crippen LogP contribution in [0.2, 0.25) is 5.02 Å². The lowest BCUT2D eigenvalue weighted by Gasteiger charge is -2.32. The van der Waals surface area contributed by atoms with E-state index in [2.05, 4.69) is 10.3 Å². The SMILES string of the molecule is Cc1c(Cl)cccc1S(=O)(=O)N1CCCC(NC(=O)c2ccccn2)C1. The number of carbonyl (C=O) groups excluding carboxylic acids is 1. The molecule has 0 saturated carbocycles. The fourth-order valence-corrected chi connectivity index (χ4v) is 5.04. The Morgan fingerprint density at radius 3 is 2.81 bits per heavy atom. The van der Waals surface area contributed by atoms with E-state index in [4.69, 9.17) is 11.6 Å². The number of nitrogens with zero attached hydrogens (tertiary/aromatic N) is 2. The number of pyridine rings is 1. The Kier molecular flexibility index (Phi) is 5.60. The van der Waals surface area contributed by atoms with Crippen molar-refractivity contribution >= 4 is 27.5 Å². The molecule has 1 aliphatic heterocycles. The molecule has 0 bridgehead atoms. The molecule has 138 valence electrons. The number of hydrogen-bond acceptors (Lipinski definition) is 4. The molecule has 1 aromatic carbocycles. The highest BCUT2D eigenvalue weighted by atomic mass is 35.5. The number of piperidine rings is 1. The molecule has 2 heterocycles. The minimum atomic E-state index is -3.67. The van der Waals surface area contributed by atoms with Crippen molar-refractivity contribution in [3.8, 4) is 0 Å². The van der Waals surface area contributed by atoms with Gasteiger partial charge in [-0.2, -0.15) is 4.31 Å². The van der Waals surface area contributed by atoms with E-state index in [0.29, 0.717) is 29.2 Å². The summed E-state index contributed by atoms with van der Waals surface area (Å²) in [6.07, 6.45) is 2.94. The molecule has 26 heavy (non-hydrogen) atoms. The molecular weight excluding hydrogens is 374 g/mol. The first-order chi connectivity index (χ1) is 12.4. The molecule has 1 N–H and O–H groups in total. The predicted octanol–water partition coefficient (Wildman–Crippen LogP) is 2.63. The van der Waals surface area contributed by atoms with Crippen LogP contribution in [0.3, 0.4) is 0 Å². The average Bonchev–Trinajstić information content (AvgIpc) is 2.65. The smallest absolute Gasteiger partial charge is 0.270 e. The first-order valence-electron chi connectivity index (χ1n) is 8.37. The Bertz CT molecular complexity index is 903. The molecule has 8 heteroatoms. The Morgan fingerprint density at radius 2 is 2.08 bits per heavy atom. The zero-order chi connectivity index (χ0) is 18.7. The molecule has 1 saturated heterocycles. The number of amides is 1. The third kappa shape index (κ3) is 3.90. The first kappa shape index (κ1) is 18.8. The van der Waals surface area contributed by atoms with Gasteiger partial charge in [0, 0.05) is 30.4 Å². The van der Waals surface area contributed by atoms with Crippen LogP contribution in [0.5, 0.6) is 0 Å².